The second-order valence-corrected chi connectivity index (χ2v) is 5.59. The van der Waals surface area contributed by atoms with Gasteiger partial charge < -0.3 is 15.2 Å². The van der Waals surface area contributed by atoms with Gasteiger partial charge in [-0.15, -0.1) is 11.3 Å². The van der Waals surface area contributed by atoms with Crippen molar-refractivity contribution in [2.24, 2.45) is 0 Å². The summed E-state index contributed by atoms with van der Waals surface area (Å²) < 4.78 is 6.31. The quantitative estimate of drug-likeness (QED) is 0.758. The molecule has 0 spiro atoms. The minimum absolute atomic E-state index is 0.442. The fraction of sp³-hybridized carbons (Fsp3) is 0.188. The number of hydrogen-bond donors (Lipinski definition) is 2. The van der Waals surface area contributed by atoms with Gasteiger partial charge in [0.05, 0.1) is 28.9 Å². The van der Waals surface area contributed by atoms with Gasteiger partial charge in [-0.25, -0.2) is 4.98 Å². The Labute approximate surface area is 127 Å². The summed E-state index contributed by atoms with van der Waals surface area (Å²) in [7, 11) is 1.62. The van der Waals surface area contributed by atoms with Crippen LogP contribution in [0.2, 0.25) is 0 Å². The van der Waals surface area contributed by atoms with Crippen molar-refractivity contribution in [1.82, 2.24) is 4.98 Å². The average molecular weight is 300 g/mol. The maximum Gasteiger partial charge on any atom is 0.119 e. The fourth-order valence-corrected chi connectivity index (χ4v) is 2.86. The molecule has 1 aromatic heterocycles. The molecule has 0 amide bonds. The van der Waals surface area contributed by atoms with Crippen LogP contribution in [0.5, 0.6) is 5.75 Å². The summed E-state index contributed by atoms with van der Waals surface area (Å²) in [5.74, 6) is 0.748. The lowest BCUT2D eigenvalue weighted by Gasteiger charge is -2.14. The lowest BCUT2D eigenvalue weighted by Crippen LogP contribution is -2.12. The first kappa shape index (κ1) is 13.9. The Morgan fingerprint density at radius 1 is 1.29 bits per heavy atom. The Kier molecular flexibility index (Phi) is 4.03. The van der Waals surface area contributed by atoms with Crippen molar-refractivity contribution in [3.63, 3.8) is 0 Å². The molecule has 3 rings (SSSR count). The van der Waals surface area contributed by atoms with Crippen LogP contribution in [0.4, 0.5) is 5.69 Å². The number of hydrogen-bond acceptors (Lipinski definition) is 5. The Morgan fingerprint density at radius 3 is 3.05 bits per heavy atom. The first-order chi connectivity index (χ1) is 10.3. The number of fused-ring (bicyclic) bond motifs is 1. The maximum absolute atomic E-state index is 10.2. The Balaban J connectivity index is 1.68. The van der Waals surface area contributed by atoms with Crippen molar-refractivity contribution in [2.45, 2.75) is 6.10 Å². The Bertz CT molecular complexity index is 742. The molecule has 0 aliphatic carbocycles. The molecular weight excluding hydrogens is 284 g/mol. The molecule has 0 fully saturated rings. The SMILES string of the molecule is COc1cccc(C(O)CNc2ccc3ncsc3c2)c1. The van der Waals surface area contributed by atoms with Gasteiger partial charge >= 0.3 is 0 Å². The minimum Gasteiger partial charge on any atom is -0.497 e. The van der Waals surface area contributed by atoms with Crippen molar-refractivity contribution in [3.8, 4) is 5.75 Å². The van der Waals surface area contributed by atoms with E-state index >= 15 is 0 Å². The zero-order chi connectivity index (χ0) is 14.7. The number of aromatic nitrogens is 1. The number of anilines is 1. The van der Waals surface area contributed by atoms with E-state index in [1.807, 2.05) is 48.0 Å². The van der Waals surface area contributed by atoms with Crippen LogP contribution < -0.4 is 10.1 Å². The number of aliphatic hydroxyl groups is 1. The molecule has 0 saturated carbocycles. The number of methoxy groups -OCH3 is 1. The predicted molar refractivity (Wildman–Crippen MR) is 86.1 cm³/mol. The van der Waals surface area contributed by atoms with Crippen LogP contribution >= 0.6 is 11.3 Å². The van der Waals surface area contributed by atoms with Crippen molar-refractivity contribution < 1.29 is 9.84 Å². The number of nitrogens with one attached hydrogen (secondary N) is 1. The van der Waals surface area contributed by atoms with Crippen LogP contribution in [0.3, 0.4) is 0 Å². The molecule has 0 bridgehead atoms. The average Bonchev–Trinajstić information content (AvgIpc) is 3.00. The van der Waals surface area contributed by atoms with E-state index in [1.165, 1.54) is 0 Å². The number of rotatable bonds is 5. The van der Waals surface area contributed by atoms with E-state index in [0.29, 0.717) is 6.54 Å². The highest BCUT2D eigenvalue weighted by atomic mass is 32.1. The molecule has 2 N–H and O–H groups in total. The van der Waals surface area contributed by atoms with E-state index in [1.54, 1.807) is 18.4 Å². The highest BCUT2D eigenvalue weighted by Gasteiger charge is 2.08. The lowest BCUT2D eigenvalue weighted by atomic mass is 10.1. The molecular formula is C16H16N2O2S. The number of benzene rings is 2. The standard InChI is InChI=1S/C16H16N2O2S/c1-20-13-4-2-3-11(7-13)15(19)9-17-12-5-6-14-16(8-12)21-10-18-14/h2-8,10,15,17,19H,9H2,1H3. The smallest absolute Gasteiger partial charge is 0.119 e. The normalized spacial score (nSPS) is 12.3. The molecule has 0 aliphatic rings. The van der Waals surface area contributed by atoms with Gasteiger partial charge in [0.15, 0.2) is 0 Å². The highest BCUT2D eigenvalue weighted by Crippen LogP contribution is 2.23. The van der Waals surface area contributed by atoms with Crippen molar-refractivity contribution in [3.05, 3.63) is 53.5 Å². The maximum atomic E-state index is 10.2. The molecule has 0 radical (unpaired) electrons. The van der Waals surface area contributed by atoms with Crippen LogP contribution in [0.15, 0.2) is 48.0 Å². The Morgan fingerprint density at radius 2 is 2.19 bits per heavy atom. The first-order valence-corrected chi connectivity index (χ1v) is 7.53. The minimum atomic E-state index is -0.586. The van der Waals surface area contributed by atoms with Crippen LogP contribution in [0.25, 0.3) is 10.2 Å². The summed E-state index contributed by atoms with van der Waals surface area (Å²) in [5.41, 5.74) is 4.65. The first-order valence-electron chi connectivity index (χ1n) is 6.65. The van der Waals surface area contributed by atoms with E-state index < -0.39 is 6.10 Å². The summed E-state index contributed by atoms with van der Waals surface area (Å²) in [5, 5.41) is 13.5. The van der Waals surface area contributed by atoms with Gasteiger partial charge in [-0.1, -0.05) is 12.1 Å². The molecule has 108 valence electrons. The Hall–Kier alpha value is -2.11. The predicted octanol–water partition coefficient (Wildman–Crippen LogP) is 3.45. The topological polar surface area (TPSA) is 54.4 Å². The fourth-order valence-electron chi connectivity index (χ4n) is 2.15. The number of thiazole rings is 1. The number of nitrogens with zero attached hydrogens (tertiary/aromatic N) is 1. The largest absolute Gasteiger partial charge is 0.497 e. The molecule has 5 heteroatoms. The molecule has 1 atom stereocenters. The molecule has 1 heterocycles. The van der Waals surface area contributed by atoms with Crippen molar-refractivity contribution in [1.29, 1.82) is 0 Å². The van der Waals surface area contributed by atoms with Gasteiger partial charge in [-0.05, 0) is 35.9 Å². The summed E-state index contributed by atoms with van der Waals surface area (Å²) in [6.07, 6.45) is -0.586. The molecule has 0 aliphatic heterocycles. The summed E-state index contributed by atoms with van der Waals surface area (Å²) >= 11 is 1.61. The van der Waals surface area contributed by atoms with Gasteiger partial charge in [0.2, 0.25) is 0 Å². The summed E-state index contributed by atoms with van der Waals surface area (Å²) in [6, 6.07) is 13.5. The summed E-state index contributed by atoms with van der Waals surface area (Å²) in [6.45, 7) is 0.442. The van der Waals surface area contributed by atoms with Gasteiger partial charge in [0, 0.05) is 12.2 Å². The molecule has 0 saturated heterocycles. The second kappa shape index (κ2) is 6.11. The van der Waals surface area contributed by atoms with Crippen molar-refractivity contribution >= 4 is 27.2 Å². The van der Waals surface area contributed by atoms with Crippen LogP contribution in [0, 0.1) is 0 Å². The molecule has 2 aromatic carbocycles. The number of aliphatic hydroxyl groups excluding tert-OH is 1. The van der Waals surface area contributed by atoms with Crippen LogP contribution in [-0.2, 0) is 0 Å². The molecule has 1 unspecified atom stereocenters. The van der Waals surface area contributed by atoms with Gasteiger partial charge in [0.1, 0.15) is 5.75 Å². The van der Waals surface area contributed by atoms with E-state index in [-0.39, 0.29) is 0 Å². The van der Waals surface area contributed by atoms with Crippen molar-refractivity contribution in [2.75, 3.05) is 19.0 Å². The van der Waals surface area contributed by atoms with E-state index in [0.717, 1.165) is 27.2 Å². The van der Waals surface area contributed by atoms with Crippen LogP contribution in [-0.4, -0.2) is 23.7 Å². The third kappa shape index (κ3) is 3.15. The third-order valence-corrected chi connectivity index (χ3v) is 4.10. The van der Waals surface area contributed by atoms with E-state index in [9.17, 15) is 5.11 Å². The molecule has 4 nitrogen and oxygen atoms in total. The lowest BCUT2D eigenvalue weighted by molar-refractivity contribution is 0.191. The number of ether oxygens (including phenoxy) is 1. The van der Waals surface area contributed by atoms with Gasteiger partial charge in [0.25, 0.3) is 0 Å². The monoisotopic (exact) mass is 300 g/mol. The van der Waals surface area contributed by atoms with Gasteiger partial charge in [-0.3, -0.25) is 0 Å². The second-order valence-electron chi connectivity index (χ2n) is 4.71. The van der Waals surface area contributed by atoms with E-state index in [2.05, 4.69) is 10.3 Å². The van der Waals surface area contributed by atoms with E-state index in [4.69, 9.17) is 4.74 Å². The van der Waals surface area contributed by atoms with Crippen LogP contribution in [0.1, 0.15) is 11.7 Å². The molecule has 21 heavy (non-hydrogen) atoms. The zero-order valence-corrected chi connectivity index (χ0v) is 12.4. The van der Waals surface area contributed by atoms with Gasteiger partial charge in [-0.2, -0.15) is 0 Å². The highest BCUT2D eigenvalue weighted by molar-refractivity contribution is 7.16. The third-order valence-electron chi connectivity index (χ3n) is 3.31. The zero-order valence-electron chi connectivity index (χ0n) is 11.6. The molecule has 3 aromatic rings. The summed E-state index contributed by atoms with van der Waals surface area (Å²) in [4.78, 5) is 4.25.